The second-order valence-corrected chi connectivity index (χ2v) is 13.5. The normalized spacial score (nSPS) is 13.3. The molecule has 0 radical (unpaired) electrons. The van der Waals surface area contributed by atoms with Crippen molar-refractivity contribution >= 4 is 17.9 Å². The van der Waals surface area contributed by atoms with Crippen molar-refractivity contribution < 1.29 is 38.2 Å². The van der Waals surface area contributed by atoms with Crippen LogP contribution in [0, 0.1) is 0 Å². The fourth-order valence-electron chi connectivity index (χ4n) is 5.18. The number of carbonyl (C=O) groups is 3. The van der Waals surface area contributed by atoms with Crippen molar-refractivity contribution in [3.05, 3.63) is 24.3 Å². The minimum absolute atomic E-state index is 0.0210. The Bertz CT molecular complexity index is 818. The Morgan fingerprint density at radius 2 is 1.20 bits per heavy atom. The first kappa shape index (κ1) is 43.8. The Morgan fingerprint density at radius 3 is 1.76 bits per heavy atom. The lowest BCUT2D eigenvalue weighted by Crippen LogP contribution is -2.55. The molecule has 46 heavy (non-hydrogen) atoms. The highest BCUT2D eigenvalue weighted by Gasteiger charge is 2.25. The van der Waals surface area contributed by atoms with Crippen molar-refractivity contribution in [2.45, 2.75) is 161 Å². The average molecular weight is 652 g/mol. The highest BCUT2D eigenvalue weighted by atomic mass is 16.6. The summed E-state index contributed by atoms with van der Waals surface area (Å²) in [5, 5.41) is 11.5. The maximum Gasteiger partial charge on any atom is 0.306 e. The van der Waals surface area contributed by atoms with Gasteiger partial charge >= 0.3 is 11.9 Å². The summed E-state index contributed by atoms with van der Waals surface area (Å²) in [6.45, 7) is 4.55. The maximum absolute atomic E-state index is 12.6. The minimum Gasteiger partial charge on any atom is -0.544 e. The first-order chi connectivity index (χ1) is 22.1. The summed E-state index contributed by atoms with van der Waals surface area (Å²) in [5.74, 6) is -1.82. The minimum atomic E-state index is -1.13. The number of hydrogen-bond donors (Lipinski definition) is 0. The Balaban J connectivity index is 4.53. The molecule has 0 bridgehead atoms. The summed E-state index contributed by atoms with van der Waals surface area (Å²) in [6.07, 6.45) is 29.3. The molecular weight excluding hydrogens is 582 g/mol. The number of esters is 2. The molecule has 0 aliphatic carbocycles. The molecule has 0 aromatic rings. The van der Waals surface area contributed by atoms with E-state index >= 15 is 0 Å². The number of nitrogens with zero attached hydrogens (tertiary/aromatic N) is 1. The van der Waals surface area contributed by atoms with Crippen LogP contribution in [0.4, 0.5) is 0 Å². The van der Waals surface area contributed by atoms with E-state index in [0.29, 0.717) is 12.8 Å². The number of carboxylic acids is 1. The lowest BCUT2D eigenvalue weighted by Gasteiger charge is -2.34. The molecule has 2 unspecified atom stereocenters. The van der Waals surface area contributed by atoms with Crippen LogP contribution in [0.25, 0.3) is 0 Å². The molecule has 268 valence electrons. The van der Waals surface area contributed by atoms with Crippen LogP contribution in [-0.4, -0.2) is 75.5 Å². The number of unbranched alkanes of at least 4 members (excludes halogenated alkanes) is 14. The average Bonchev–Trinajstić information content (AvgIpc) is 3.00. The predicted octanol–water partition coefficient (Wildman–Crippen LogP) is 7.63. The van der Waals surface area contributed by atoms with Gasteiger partial charge < -0.3 is 28.6 Å². The summed E-state index contributed by atoms with van der Waals surface area (Å²) in [7, 11) is 5.37. The quantitative estimate of drug-likeness (QED) is 0.0319. The highest BCUT2D eigenvalue weighted by molar-refractivity contribution is 5.70. The fraction of sp³-hybridized carbons (Fsp3) is 0.816. The number of hydrogen-bond acceptors (Lipinski definition) is 7. The van der Waals surface area contributed by atoms with E-state index in [0.717, 1.165) is 32.1 Å². The molecule has 0 saturated heterocycles. The molecule has 8 nitrogen and oxygen atoms in total. The molecule has 0 aliphatic rings. The van der Waals surface area contributed by atoms with E-state index in [4.69, 9.17) is 14.2 Å². The van der Waals surface area contributed by atoms with E-state index in [-0.39, 0.29) is 49.1 Å². The largest absolute Gasteiger partial charge is 0.544 e. The van der Waals surface area contributed by atoms with E-state index < -0.39 is 18.1 Å². The van der Waals surface area contributed by atoms with Gasteiger partial charge in [-0.25, -0.2) is 0 Å². The Hall–Kier alpha value is -2.19. The summed E-state index contributed by atoms with van der Waals surface area (Å²) >= 11 is 0. The van der Waals surface area contributed by atoms with E-state index in [9.17, 15) is 19.5 Å². The fourth-order valence-corrected chi connectivity index (χ4v) is 5.18. The van der Waals surface area contributed by atoms with Gasteiger partial charge in [-0.2, -0.15) is 0 Å². The van der Waals surface area contributed by atoms with Crippen LogP contribution in [0.15, 0.2) is 24.3 Å². The molecule has 2 atom stereocenters. The zero-order chi connectivity index (χ0) is 34.3. The van der Waals surface area contributed by atoms with Crippen LogP contribution in [0.5, 0.6) is 0 Å². The van der Waals surface area contributed by atoms with Crippen LogP contribution in [-0.2, 0) is 28.6 Å². The van der Waals surface area contributed by atoms with E-state index in [1.807, 2.05) is 6.08 Å². The molecule has 0 rings (SSSR count). The number of quaternary nitrogens is 1. The standard InChI is InChI=1S/C38H69NO7/c1-6-8-10-12-14-16-17-18-19-21-23-25-27-29-37(41)46-34(32-44-31-30-35(38(42)43)39(3,4)5)33-45-36(40)28-26-24-22-20-15-13-11-9-7-2/h18-19,23,25,34-35H,6-17,20-22,24,26-33H2,1-5H3/b19-18+,25-23+. The van der Waals surface area contributed by atoms with Gasteiger partial charge in [0.15, 0.2) is 6.10 Å². The monoisotopic (exact) mass is 652 g/mol. The number of carbonyl (C=O) groups excluding carboxylic acids is 3. The molecular formula is C38H69NO7. The molecule has 0 amide bonds. The van der Waals surface area contributed by atoms with E-state index in [2.05, 4.69) is 32.1 Å². The predicted molar refractivity (Wildman–Crippen MR) is 185 cm³/mol. The Morgan fingerprint density at radius 1 is 0.652 bits per heavy atom. The molecule has 8 heteroatoms. The van der Waals surface area contributed by atoms with Gasteiger partial charge in [0.05, 0.1) is 40.3 Å². The molecule has 0 aromatic heterocycles. The van der Waals surface area contributed by atoms with Gasteiger partial charge in [0, 0.05) is 19.3 Å². The van der Waals surface area contributed by atoms with E-state index in [1.165, 1.54) is 77.0 Å². The highest BCUT2D eigenvalue weighted by Crippen LogP contribution is 2.12. The number of allylic oxidation sites excluding steroid dienone is 4. The van der Waals surface area contributed by atoms with Gasteiger partial charge in [-0.05, 0) is 32.1 Å². The lowest BCUT2D eigenvalue weighted by atomic mass is 10.1. The lowest BCUT2D eigenvalue weighted by molar-refractivity contribution is -0.889. The van der Waals surface area contributed by atoms with Crippen molar-refractivity contribution in [3.8, 4) is 0 Å². The van der Waals surface area contributed by atoms with Gasteiger partial charge in [-0.1, -0.05) is 122 Å². The zero-order valence-electron chi connectivity index (χ0n) is 30.2. The first-order valence-electron chi connectivity index (χ1n) is 18.4. The first-order valence-corrected chi connectivity index (χ1v) is 18.4. The smallest absolute Gasteiger partial charge is 0.306 e. The van der Waals surface area contributed by atoms with Gasteiger partial charge in [0.25, 0.3) is 0 Å². The second-order valence-electron chi connectivity index (χ2n) is 13.5. The topological polar surface area (TPSA) is 102 Å². The molecule has 0 saturated carbocycles. The zero-order valence-corrected chi connectivity index (χ0v) is 30.2. The van der Waals surface area contributed by atoms with Crippen molar-refractivity contribution in [2.24, 2.45) is 0 Å². The molecule has 0 spiro atoms. The Kier molecular flexibility index (Phi) is 28.7. The number of rotatable bonds is 32. The van der Waals surface area contributed by atoms with Gasteiger partial charge in [-0.3, -0.25) is 9.59 Å². The van der Waals surface area contributed by atoms with Crippen molar-refractivity contribution in [1.82, 2.24) is 0 Å². The van der Waals surface area contributed by atoms with Crippen molar-refractivity contribution in [3.63, 3.8) is 0 Å². The van der Waals surface area contributed by atoms with Gasteiger partial charge in [0.1, 0.15) is 12.6 Å². The van der Waals surface area contributed by atoms with Crippen molar-refractivity contribution in [1.29, 1.82) is 0 Å². The Labute approximate surface area is 281 Å². The summed E-state index contributed by atoms with van der Waals surface area (Å²) < 4.78 is 17.0. The third-order valence-electron chi connectivity index (χ3n) is 8.10. The molecule has 0 heterocycles. The van der Waals surface area contributed by atoms with Crippen LogP contribution >= 0.6 is 0 Å². The molecule has 0 N–H and O–H groups in total. The summed E-state index contributed by atoms with van der Waals surface area (Å²) in [4.78, 5) is 36.5. The number of likely N-dealkylation sites (N-methyl/N-ethyl adjacent to an activating group) is 1. The number of carboxylic acid groups (broad SMARTS) is 1. The third kappa shape index (κ3) is 28.1. The molecule has 0 aromatic carbocycles. The molecule has 0 fully saturated rings. The van der Waals surface area contributed by atoms with Gasteiger partial charge in [0.2, 0.25) is 0 Å². The number of aliphatic carboxylic acids is 1. The summed E-state index contributed by atoms with van der Waals surface area (Å²) in [6, 6.07) is -0.729. The second kappa shape index (κ2) is 30.2. The summed E-state index contributed by atoms with van der Waals surface area (Å²) in [5.41, 5.74) is 0. The van der Waals surface area contributed by atoms with Crippen LogP contribution in [0.3, 0.4) is 0 Å². The number of ether oxygens (including phenoxy) is 3. The van der Waals surface area contributed by atoms with Crippen LogP contribution < -0.4 is 5.11 Å². The van der Waals surface area contributed by atoms with Crippen molar-refractivity contribution in [2.75, 3.05) is 41.0 Å². The van der Waals surface area contributed by atoms with Crippen LogP contribution in [0.1, 0.15) is 149 Å². The van der Waals surface area contributed by atoms with E-state index in [1.54, 1.807) is 21.1 Å². The third-order valence-corrected chi connectivity index (χ3v) is 8.10. The van der Waals surface area contributed by atoms with Gasteiger partial charge in [-0.15, -0.1) is 0 Å². The molecule has 0 aliphatic heterocycles. The SMILES string of the molecule is CCCCCCCC/C=C/C/C=C/CCC(=O)OC(COCCC(C(=O)[O-])[N+](C)(C)C)COC(=O)CCCCCCCCCCC. The maximum atomic E-state index is 12.6. The van der Waals surface area contributed by atoms with Crippen LogP contribution in [0.2, 0.25) is 0 Å².